The number of nitrogens with one attached hydrogen (secondary N) is 1. The van der Waals surface area contributed by atoms with Gasteiger partial charge in [-0.15, -0.1) is 10.2 Å². The van der Waals surface area contributed by atoms with E-state index in [9.17, 15) is 9.18 Å². The molecule has 1 aliphatic heterocycles. The summed E-state index contributed by atoms with van der Waals surface area (Å²) >= 11 is 0. The van der Waals surface area contributed by atoms with Crippen LogP contribution in [0, 0.1) is 5.82 Å². The van der Waals surface area contributed by atoms with Crippen molar-refractivity contribution in [3.63, 3.8) is 0 Å². The van der Waals surface area contributed by atoms with E-state index < -0.39 is 5.92 Å². The van der Waals surface area contributed by atoms with Crippen molar-refractivity contribution in [2.75, 3.05) is 5.32 Å². The number of nitrogens with zero attached hydrogens (tertiary/aromatic N) is 3. The SMILES string of the molecule is Cn1cnnc1C1C(=O)c2ccccc2NC1c1ccc(F)cc1. The Morgan fingerprint density at radius 1 is 1.12 bits per heavy atom. The quantitative estimate of drug-likeness (QED) is 0.787. The van der Waals surface area contributed by atoms with Crippen molar-refractivity contribution in [2.24, 2.45) is 7.05 Å². The minimum Gasteiger partial charge on any atom is -0.376 e. The van der Waals surface area contributed by atoms with Crippen LogP contribution in [0.25, 0.3) is 0 Å². The maximum atomic E-state index is 13.3. The highest BCUT2D eigenvalue weighted by Crippen LogP contribution is 2.41. The molecule has 2 heterocycles. The number of benzene rings is 2. The standard InChI is InChI=1S/C18H15FN4O/c1-23-10-20-22-18(23)15-16(11-6-8-12(19)9-7-11)21-14-5-3-2-4-13(14)17(15)24/h2-10,15-16,21H,1H3. The lowest BCUT2D eigenvalue weighted by molar-refractivity contribution is 0.0939. The summed E-state index contributed by atoms with van der Waals surface area (Å²) in [6.45, 7) is 0. The molecule has 24 heavy (non-hydrogen) atoms. The number of ketones is 1. The summed E-state index contributed by atoms with van der Waals surface area (Å²) in [7, 11) is 1.81. The number of halogens is 1. The van der Waals surface area contributed by atoms with Crippen LogP contribution in [0.15, 0.2) is 54.9 Å². The molecule has 2 aromatic carbocycles. The lowest BCUT2D eigenvalue weighted by atomic mass is 9.82. The van der Waals surface area contributed by atoms with Gasteiger partial charge in [-0.2, -0.15) is 0 Å². The van der Waals surface area contributed by atoms with Gasteiger partial charge in [0.05, 0.1) is 6.04 Å². The first-order valence-corrected chi connectivity index (χ1v) is 7.64. The number of carbonyl (C=O) groups is 1. The van der Waals surface area contributed by atoms with Gasteiger partial charge in [0, 0.05) is 18.3 Å². The van der Waals surface area contributed by atoms with E-state index in [4.69, 9.17) is 0 Å². The Labute approximate surface area is 138 Å². The van der Waals surface area contributed by atoms with Crippen LogP contribution in [0.1, 0.15) is 33.7 Å². The summed E-state index contributed by atoms with van der Waals surface area (Å²) in [6.07, 6.45) is 1.57. The molecule has 0 fully saturated rings. The Hall–Kier alpha value is -3.02. The molecule has 1 aromatic heterocycles. The summed E-state index contributed by atoms with van der Waals surface area (Å²) in [5.74, 6) is -0.277. The first-order chi connectivity index (χ1) is 11.6. The molecule has 0 amide bonds. The van der Waals surface area contributed by atoms with Gasteiger partial charge in [0.15, 0.2) is 5.78 Å². The van der Waals surface area contributed by atoms with Gasteiger partial charge in [-0.25, -0.2) is 4.39 Å². The number of aryl methyl sites for hydroxylation is 1. The van der Waals surface area contributed by atoms with E-state index in [-0.39, 0.29) is 17.6 Å². The second-order valence-electron chi connectivity index (χ2n) is 5.86. The second-order valence-corrected chi connectivity index (χ2v) is 5.86. The van der Waals surface area contributed by atoms with Gasteiger partial charge >= 0.3 is 0 Å². The first kappa shape index (κ1) is 14.6. The minimum atomic E-state index is -0.530. The zero-order valence-electron chi connectivity index (χ0n) is 13.0. The van der Waals surface area contributed by atoms with E-state index >= 15 is 0 Å². The maximum absolute atomic E-state index is 13.3. The molecule has 0 radical (unpaired) electrons. The fourth-order valence-corrected chi connectivity index (χ4v) is 3.18. The molecule has 2 atom stereocenters. The predicted octanol–water partition coefficient (Wildman–Crippen LogP) is 3.09. The van der Waals surface area contributed by atoms with Crippen LogP contribution in [0.2, 0.25) is 0 Å². The third-order valence-electron chi connectivity index (χ3n) is 4.37. The average Bonchev–Trinajstić information content (AvgIpc) is 3.01. The van der Waals surface area contributed by atoms with Gasteiger partial charge in [-0.05, 0) is 29.8 Å². The molecule has 4 rings (SSSR count). The average molecular weight is 322 g/mol. The third kappa shape index (κ3) is 2.27. The molecule has 120 valence electrons. The van der Waals surface area contributed by atoms with E-state index in [2.05, 4.69) is 15.5 Å². The Morgan fingerprint density at radius 3 is 2.58 bits per heavy atom. The lowest BCUT2D eigenvalue weighted by Gasteiger charge is -2.33. The van der Waals surface area contributed by atoms with Crippen molar-refractivity contribution in [1.29, 1.82) is 0 Å². The Bertz CT molecular complexity index is 903. The van der Waals surface area contributed by atoms with E-state index in [1.54, 1.807) is 29.1 Å². The maximum Gasteiger partial charge on any atom is 0.178 e. The van der Waals surface area contributed by atoms with Crippen molar-refractivity contribution in [3.05, 3.63) is 77.6 Å². The zero-order valence-corrected chi connectivity index (χ0v) is 13.0. The van der Waals surface area contributed by atoms with Crippen LogP contribution in [-0.4, -0.2) is 20.5 Å². The van der Waals surface area contributed by atoms with Gasteiger partial charge in [0.2, 0.25) is 0 Å². The molecule has 1 aliphatic rings. The number of Topliss-reactive ketones (excluding diaryl/α,β-unsaturated/α-hetero) is 1. The summed E-state index contributed by atoms with van der Waals surface area (Å²) in [6, 6.07) is 13.2. The smallest absolute Gasteiger partial charge is 0.178 e. The van der Waals surface area contributed by atoms with Crippen LogP contribution in [0.5, 0.6) is 0 Å². The number of hydrogen-bond acceptors (Lipinski definition) is 4. The van der Waals surface area contributed by atoms with Crippen molar-refractivity contribution < 1.29 is 9.18 Å². The topological polar surface area (TPSA) is 59.8 Å². The monoisotopic (exact) mass is 322 g/mol. The first-order valence-electron chi connectivity index (χ1n) is 7.64. The molecular formula is C18H15FN4O. The summed E-state index contributed by atoms with van der Waals surface area (Å²) in [4.78, 5) is 13.1. The lowest BCUT2D eigenvalue weighted by Crippen LogP contribution is -2.33. The Morgan fingerprint density at radius 2 is 1.88 bits per heavy atom. The van der Waals surface area contributed by atoms with Crippen LogP contribution < -0.4 is 5.32 Å². The van der Waals surface area contributed by atoms with Crippen LogP contribution in [0.3, 0.4) is 0 Å². The van der Waals surface area contributed by atoms with Crippen LogP contribution in [0.4, 0.5) is 10.1 Å². The molecule has 0 spiro atoms. The highest BCUT2D eigenvalue weighted by molar-refractivity contribution is 6.07. The normalized spacial score (nSPS) is 19.7. The van der Waals surface area contributed by atoms with Crippen molar-refractivity contribution in [2.45, 2.75) is 12.0 Å². The van der Waals surface area contributed by atoms with Gasteiger partial charge in [-0.3, -0.25) is 4.79 Å². The molecule has 0 aliphatic carbocycles. The molecule has 5 nitrogen and oxygen atoms in total. The Kier molecular flexibility index (Phi) is 3.37. The minimum absolute atomic E-state index is 0.0187. The number of fused-ring (bicyclic) bond motifs is 1. The third-order valence-corrected chi connectivity index (χ3v) is 4.37. The highest BCUT2D eigenvalue weighted by Gasteiger charge is 2.39. The Balaban J connectivity index is 1.87. The van der Waals surface area contributed by atoms with Gasteiger partial charge in [0.1, 0.15) is 23.9 Å². The molecule has 2 unspecified atom stereocenters. The second kappa shape index (κ2) is 5.56. The molecule has 6 heteroatoms. The number of carbonyl (C=O) groups excluding carboxylic acids is 1. The van der Waals surface area contributed by atoms with Gasteiger partial charge < -0.3 is 9.88 Å². The number of aromatic nitrogens is 3. The molecule has 0 bridgehead atoms. The summed E-state index contributed by atoms with van der Waals surface area (Å²) < 4.78 is 15.0. The highest BCUT2D eigenvalue weighted by atomic mass is 19.1. The van der Waals surface area contributed by atoms with Crippen molar-refractivity contribution in [1.82, 2.24) is 14.8 Å². The number of hydrogen-bond donors (Lipinski definition) is 1. The number of para-hydroxylation sites is 1. The van der Waals surface area contributed by atoms with Gasteiger partial charge in [0.25, 0.3) is 0 Å². The van der Waals surface area contributed by atoms with E-state index in [1.165, 1.54) is 12.1 Å². The molecule has 1 N–H and O–H groups in total. The molecule has 3 aromatic rings. The van der Waals surface area contributed by atoms with Crippen LogP contribution in [-0.2, 0) is 7.05 Å². The van der Waals surface area contributed by atoms with Gasteiger partial charge in [-0.1, -0.05) is 24.3 Å². The van der Waals surface area contributed by atoms with E-state index in [0.29, 0.717) is 11.4 Å². The van der Waals surface area contributed by atoms with Crippen LogP contribution >= 0.6 is 0 Å². The largest absolute Gasteiger partial charge is 0.376 e. The molecular weight excluding hydrogens is 307 g/mol. The molecule has 0 saturated heterocycles. The van der Waals surface area contributed by atoms with Crippen molar-refractivity contribution >= 4 is 11.5 Å². The molecule has 0 saturated carbocycles. The fraction of sp³-hybridized carbons (Fsp3) is 0.167. The predicted molar refractivity (Wildman–Crippen MR) is 87.3 cm³/mol. The number of anilines is 1. The van der Waals surface area contributed by atoms with Crippen molar-refractivity contribution in [3.8, 4) is 0 Å². The zero-order chi connectivity index (χ0) is 16.7. The van der Waals surface area contributed by atoms with E-state index in [1.807, 2.05) is 25.2 Å². The summed E-state index contributed by atoms with van der Waals surface area (Å²) in [5, 5.41) is 11.4. The summed E-state index contributed by atoms with van der Waals surface area (Å²) in [5.41, 5.74) is 2.23. The van der Waals surface area contributed by atoms with E-state index in [0.717, 1.165) is 11.3 Å². The number of rotatable bonds is 2. The fourth-order valence-electron chi connectivity index (χ4n) is 3.18.